The summed E-state index contributed by atoms with van der Waals surface area (Å²) in [4.78, 5) is 16.3. The minimum absolute atomic E-state index is 0.0718. The fourth-order valence-corrected chi connectivity index (χ4v) is 3.59. The van der Waals surface area contributed by atoms with Gasteiger partial charge in [-0.2, -0.15) is 18.2 Å². The molecular formula is C19H22BF3N6O2. The van der Waals surface area contributed by atoms with Gasteiger partial charge < -0.3 is 24.9 Å². The molecule has 12 heteroatoms. The maximum Gasteiger partial charge on any atom is 0.417 e. The molecule has 0 unspecified atom stereocenters. The first-order valence-corrected chi connectivity index (χ1v) is 10.0. The third-order valence-electron chi connectivity index (χ3n) is 5.26. The first kappa shape index (κ1) is 21.6. The van der Waals surface area contributed by atoms with Crippen LogP contribution in [-0.2, 0) is 10.9 Å². The van der Waals surface area contributed by atoms with Gasteiger partial charge >= 0.3 is 6.18 Å². The summed E-state index contributed by atoms with van der Waals surface area (Å²) in [6.07, 6.45) is -2.28. The lowest BCUT2D eigenvalue weighted by Crippen LogP contribution is -2.38. The Kier molecular flexibility index (Phi) is 6.19. The van der Waals surface area contributed by atoms with E-state index < -0.39 is 11.7 Å². The molecule has 0 aliphatic carbocycles. The number of nitrogens with two attached hydrogens (primary N) is 1. The van der Waals surface area contributed by atoms with Gasteiger partial charge in [0, 0.05) is 30.9 Å². The zero-order valence-corrected chi connectivity index (χ0v) is 16.8. The molecule has 4 heterocycles. The number of aromatic nitrogens is 3. The van der Waals surface area contributed by atoms with Crippen LogP contribution in [0, 0.1) is 0 Å². The van der Waals surface area contributed by atoms with Crippen molar-refractivity contribution in [3.05, 3.63) is 23.9 Å². The molecule has 0 spiro atoms. The molecule has 2 fully saturated rings. The highest BCUT2D eigenvalue weighted by molar-refractivity contribution is 6.04. The van der Waals surface area contributed by atoms with E-state index >= 15 is 0 Å². The molecule has 4 rings (SSSR count). The van der Waals surface area contributed by atoms with Crippen LogP contribution in [0.25, 0.3) is 11.3 Å². The fraction of sp³-hybridized carbons (Fsp3) is 0.526. The number of nitrogens with zero attached hydrogens (tertiary/aromatic N) is 5. The Morgan fingerprint density at radius 3 is 2.48 bits per heavy atom. The summed E-state index contributed by atoms with van der Waals surface area (Å²) >= 11 is 0. The molecule has 0 amide bonds. The minimum atomic E-state index is -4.62. The second-order valence-electron chi connectivity index (χ2n) is 7.50. The third-order valence-corrected chi connectivity index (χ3v) is 5.26. The molecule has 2 aliphatic rings. The van der Waals surface area contributed by atoms with Gasteiger partial charge in [0.1, 0.15) is 11.9 Å². The van der Waals surface area contributed by atoms with Gasteiger partial charge in [0.2, 0.25) is 11.8 Å². The lowest BCUT2D eigenvalue weighted by molar-refractivity contribution is -0.137. The molecule has 0 bridgehead atoms. The van der Waals surface area contributed by atoms with Crippen LogP contribution in [0.1, 0.15) is 18.4 Å². The van der Waals surface area contributed by atoms with E-state index in [-0.39, 0.29) is 35.0 Å². The molecule has 2 radical (unpaired) electrons. The van der Waals surface area contributed by atoms with Crippen LogP contribution in [0.2, 0.25) is 0 Å². The molecule has 2 aliphatic heterocycles. The predicted octanol–water partition coefficient (Wildman–Crippen LogP) is 1.90. The first-order valence-electron chi connectivity index (χ1n) is 10.0. The summed E-state index contributed by atoms with van der Waals surface area (Å²) in [5.74, 6) is 0.285. The Morgan fingerprint density at radius 1 is 1.10 bits per heavy atom. The van der Waals surface area contributed by atoms with Gasteiger partial charge in [-0.15, -0.1) is 0 Å². The van der Waals surface area contributed by atoms with E-state index in [0.29, 0.717) is 52.2 Å². The highest BCUT2D eigenvalue weighted by atomic mass is 19.4. The molecule has 2 N–H and O–H groups in total. The Hall–Kier alpha value is -2.60. The van der Waals surface area contributed by atoms with E-state index in [9.17, 15) is 13.2 Å². The number of ether oxygens (including phenoxy) is 2. The molecule has 31 heavy (non-hydrogen) atoms. The number of hydrogen-bond donors (Lipinski definition) is 1. The molecular weight excluding hydrogens is 412 g/mol. The lowest BCUT2D eigenvalue weighted by atomic mass is 10.0. The van der Waals surface area contributed by atoms with Crippen molar-refractivity contribution in [3.63, 3.8) is 0 Å². The molecule has 0 saturated carbocycles. The van der Waals surface area contributed by atoms with Gasteiger partial charge in [-0.25, -0.2) is 9.97 Å². The summed E-state index contributed by atoms with van der Waals surface area (Å²) < 4.78 is 52.4. The summed E-state index contributed by atoms with van der Waals surface area (Å²) in [7, 11) is 5.79. The van der Waals surface area contributed by atoms with Gasteiger partial charge in [-0.1, -0.05) is 0 Å². The second kappa shape index (κ2) is 8.87. The number of nitrogen functional groups attached to an aromatic ring is 1. The van der Waals surface area contributed by atoms with E-state index in [0.717, 1.165) is 12.3 Å². The van der Waals surface area contributed by atoms with Crippen LogP contribution >= 0.6 is 0 Å². The van der Waals surface area contributed by atoms with Gasteiger partial charge in [0.25, 0.3) is 0 Å². The maximum atomic E-state index is 13.7. The van der Waals surface area contributed by atoms with Crippen molar-refractivity contribution in [1.29, 1.82) is 0 Å². The van der Waals surface area contributed by atoms with Crippen LogP contribution in [0.15, 0.2) is 18.3 Å². The Labute approximate surface area is 179 Å². The zero-order chi connectivity index (χ0) is 22.0. The average molecular weight is 434 g/mol. The molecule has 164 valence electrons. The molecule has 2 aromatic rings. The summed E-state index contributed by atoms with van der Waals surface area (Å²) in [6.45, 7) is 3.35. The standard InChI is InChI=1S/C19H22BF3N6O2/c20-29-3-1-12(2-4-29)31-17-10-15(26-18(27-17)28-5-7-30-8-6-28)13-11-25-16(24)9-14(13)19(21,22)23/h9-12H,1-8H2,(H2,24,25). The van der Waals surface area contributed by atoms with E-state index in [1.54, 1.807) is 4.81 Å². The van der Waals surface area contributed by atoms with E-state index in [4.69, 9.17) is 23.2 Å². The van der Waals surface area contributed by atoms with Crippen LogP contribution in [0.4, 0.5) is 24.9 Å². The van der Waals surface area contributed by atoms with Crippen molar-refractivity contribution < 1.29 is 22.6 Å². The van der Waals surface area contributed by atoms with E-state index in [2.05, 4.69) is 15.0 Å². The quantitative estimate of drug-likeness (QED) is 0.731. The smallest absolute Gasteiger partial charge is 0.417 e. The van der Waals surface area contributed by atoms with Crippen molar-refractivity contribution in [2.75, 3.05) is 50.0 Å². The Bertz CT molecular complexity index is 918. The molecule has 0 atom stereocenters. The second-order valence-corrected chi connectivity index (χ2v) is 7.50. The van der Waals surface area contributed by atoms with E-state index in [1.165, 1.54) is 6.07 Å². The Morgan fingerprint density at radius 2 is 1.81 bits per heavy atom. The zero-order valence-electron chi connectivity index (χ0n) is 16.8. The maximum absolute atomic E-state index is 13.7. The van der Waals surface area contributed by atoms with Crippen molar-refractivity contribution in [3.8, 4) is 17.1 Å². The summed E-state index contributed by atoms with van der Waals surface area (Å²) in [5, 5.41) is 0. The van der Waals surface area contributed by atoms with Crippen LogP contribution < -0.4 is 15.4 Å². The number of pyridine rings is 1. The molecule has 8 nitrogen and oxygen atoms in total. The van der Waals surface area contributed by atoms with Crippen molar-refractivity contribution in [2.45, 2.75) is 25.1 Å². The van der Waals surface area contributed by atoms with Crippen molar-refractivity contribution in [1.82, 2.24) is 19.8 Å². The predicted molar refractivity (Wildman–Crippen MR) is 109 cm³/mol. The monoisotopic (exact) mass is 434 g/mol. The average Bonchev–Trinajstić information content (AvgIpc) is 2.75. The molecule has 2 saturated heterocycles. The highest BCUT2D eigenvalue weighted by Gasteiger charge is 2.35. The molecule has 2 aromatic heterocycles. The first-order chi connectivity index (χ1) is 14.8. The Balaban J connectivity index is 1.73. The number of alkyl halides is 3. The highest BCUT2D eigenvalue weighted by Crippen LogP contribution is 2.38. The van der Waals surface area contributed by atoms with Gasteiger partial charge in [-0.05, 0) is 32.0 Å². The van der Waals surface area contributed by atoms with Crippen LogP contribution in [0.5, 0.6) is 5.88 Å². The number of piperidine rings is 1. The van der Waals surface area contributed by atoms with Gasteiger partial charge in [0.05, 0.1) is 24.5 Å². The largest absolute Gasteiger partial charge is 0.474 e. The minimum Gasteiger partial charge on any atom is -0.474 e. The fourth-order valence-electron chi connectivity index (χ4n) is 3.59. The van der Waals surface area contributed by atoms with E-state index in [1.807, 2.05) is 4.90 Å². The lowest BCUT2D eigenvalue weighted by Gasteiger charge is -2.30. The van der Waals surface area contributed by atoms with Crippen molar-refractivity contribution in [2.24, 2.45) is 0 Å². The SMILES string of the molecule is [B]N1CCC(Oc2cc(-c3cnc(N)cc3C(F)(F)F)nc(N3CCOCC3)n2)CC1. The third kappa shape index (κ3) is 5.19. The number of halogens is 3. The van der Waals surface area contributed by atoms with Gasteiger partial charge in [0.15, 0.2) is 7.98 Å². The van der Waals surface area contributed by atoms with Crippen LogP contribution in [-0.4, -0.2) is 73.2 Å². The summed E-state index contributed by atoms with van der Waals surface area (Å²) in [5.41, 5.74) is 4.49. The normalized spacial score (nSPS) is 18.9. The number of anilines is 2. The number of hydrogen-bond acceptors (Lipinski definition) is 8. The molecule has 0 aromatic carbocycles. The number of rotatable bonds is 4. The van der Waals surface area contributed by atoms with Crippen molar-refractivity contribution >= 4 is 19.7 Å². The van der Waals surface area contributed by atoms with Crippen LogP contribution in [0.3, 0.4) is 0 Å². The summed E-state index contributed by atoms with van der Waals surface area (Å²) in [6, 6.07) is 2.23. The van der Waals surface area contributed by atoms with Gasteiger partial charge in [-0.3, -0.25) is 0 Å². The number of morpholine rings is 1. The topological polar surface area (TPSA) is 89.6 Å².